The van der Waals surface area contributed by atoms with Crippen LogP contribution in [0.1, 0.15) is 5.56 Å². The van der Waals surface area contributed by atoms with Gasteiger partial charge < -0.3 is 4.90 Å². The van der Waals surface area contributed by atoms with Crippen molar-refractivity contribution >= 4 is 38.1 Å². The van der Waals surface area contributed by atoms with Crippen molar-refractivity contribution in [3.05, 3.63) is 84.6 Å². The number of rotatable bonds is 3. The minimum Gasteiger partial charge on any atom is -0.354 e. The molecule has 2 heterocycles. The molecule has 142 valence electrons. The average Bonchev–Trinajstić information content (AvgIpc) is 2.79. The van der Waals surface area contributed by atoms with E-state index in [2.05, 4.69) is 81.5 Å². The maximum Gasteiger partial charge on any atom is 0.128 e. The molecule has 3 nitrogen and oxygen atoms in total. The molecule has 0 N–H and O–H groups in total. The highest BCUT2D eigenvalue weighted by atomic mass is 15.3. The number of benzene rings is 4. The lowest BCUT2D eigenvalue weighted by molar-refractivity contribution is 0.250. The lowest BCUT2D eigenvalue weighted by Gasteiger charge is -2.35. The van der Waals surface area contributed by atoms with Crippen molar-refractivity contribution in [2.24, 2.45) is 0 Å². The number of aromatic nitrogens is 1. The topological polar surface area (TPSA) is 19.4 Å². The van der Waals surface area contributed by atoms with E-state index in [4.69, 9.17) is 0 Å². The number of hydrogen-bond donors (Lipinski definition) is 0. The maximum atomic E-state index is 4.51. The van der Waals surface area contributed by atoms with Gasteiger partial charge in [0, 0.05) is 38.9 Å². The van der Waals surface area contributed by atoms with Crippen LogP contribution in [0.4, 0.5) is 5.82 Å². The Morgan fingerprint density at radius 3 is 2.14 bits per heavy atom. The number of piperazine rings is 1. The van der Waals surface area contributed by atoms with Gasteiger partial charge in [0.2, 0.25) is 0 Å². The Kier molecular flexibility index (Phi) is 3.88. The van der Waals surface area contributed by atoms with Crippen LogP contribution >= 0.6 is 0 Å². The van der Waals surface area contributed by atoms with Crippen LogP contribution < -0.4 is 4.90 Å². The first-order valence-electron chi connectivity index (χ1n) is 10.4. The molecule has 0 spiro atoms. The predicted octanol–water partition coefficient (Wildman–Crippen LogP) is 5.30. The number of pyridine rings is 1. The summed E-state index contributed by atoms with van der Waals surface area (Å²) >= 11 is 0. The zero-order valence-corrected chi connectivity index (χ0v) is 16.4. The monoisotopic (exact) mass is 377 g/mol. The van der Waals surface area contributed by atoms with Gasteiger partial charge in [-0.25, -0.2) is 4.98 Å². The van der Waals surface area contributed by atoms with Crippen LogP contribution in [0.2, 0.25) is 0 Å². The molecule has 0 amide bonds. The Hall–Kier alpha value is -3.17. The van der Waals surface area contributed by atoms with Gasteiger partial charge in [-0.1, -0.05) is 60.7 Å². The maximum absolute atomic E-state index is 4.51. The molecule has 4 aromatic carbocycles. The van der Waals surface area contributed by atoms with Crippen LogP contribution in [0.3, 0.4) is 0 Å². The number of hydrogen-bond acceptors (Lipinski definition) is 3. The first-order chi connectivity index (χ1) is 14.4. The molecule has 29 heavy (non-hydrogen) atoms. The summed E-state index contributed by atoms with van der Waals surface area (Å²) < 4.78 is 0. The summed E-state index contributed by atoms with van der Waals surface area (Å²) in [5.74, 6) is 1.09. The molecule has 0 unspecified atom stereocenters. The van der Waals surface area contributed by atoms with E-state index >= 15 is 0 Å². The molecule has 0 saturated carbocycles. The van der Waals surface area contributed by atoms with Crippen LogP contribution in [-0.2, 0) is 6.54 Å². The molecular weight excluding hydrogens is 354 g/mol. The van der Waals surface area contributed by atoms with E-state index in [1.165, 1.54) is 37.9 Å². The van der Waals surface area contributed by atoms with Crippen LogP contribution in [0, 0.1) is 0 Å². The minimum absolute atomic E-state index is 1.00. The molecule has 3 heteroatoms. The normalized spacial score (nSPS) is 15.7. The summed E-state index contributed by atoms with van der Waals surface area (Å²) in [4.78, 5) is 9.47. The summed E-state index contributed by atoms with van der Waals surface area (Å²) in [6.07, 6.45) is 1.88. The van der Waals surface area contributed by atoms with Crippen LogP contribution in [0.15, 0.2) is 79.0 Å². The third kappa shape index (κ3) is 2.81. The van der Waals surface area contributed by atoms with Gasteiger partial charge >= 0.3 is 0 Å². The zero-order chi connectivity index (χ0) is 19.2. The highest BCUT2D eigenvalue weighted by Crippen LogP contribution is 2.36. The summed E-state index contributed by atoms with van der Waals surface area (Å²) in [7, 11) is 0. The van der Waals surface area contributed by atoms with E-state index in [1.807, 2.05) is 12.3 Å². The fraction of sp³-hybridized carbons (Fsp3) is 0.192. The van der Waals surface area contributed by atoms with Gasteiger partial charge in [0.1, 0.15) is 5.82 Å². The largest absolute Gasteiger partial charge is 0.354 e. The summed E-state index contributed by atoms with van der Waals surface area (Å²) in [5, 5.41) is 8.24. The van der Waals surface area contributed by atoms with E-state index in [0.717, 1.165) is 38.5 Å². The van der Waals surface area contributed by atoms with Crippen molar-refractivity contribution in [1.82, 2.24) is 9.88 Å². The second kappa shape index (κ2) is 6.71. The highest BCUT2D eigenvalue weighted by molar-refractivity contribution is 6.23. The predicted molar refractivity (Wildman–Crippen MR) is 122 cm³/mol. The van der Waals surface area contributed by atoms with E-state index in [0.29, 0.717) is 0 Å². The van der Waals surface area contributed by atoms with Crippen molar-refractivity contribution in [2.45, 2.75) is 6.54 Å². The zero-order valence-electron chi connectivity index (χ0n) is 16.4. The summed E-state index contributed by atoms with van der Waals surface area (Å²) in [6.45, 7) is 5.20. The van der Waals surface area contributed by atoms with Crippen LogP contribution in [-0.4, -0.2) is 36.1 Å². The third-order valence-electron chi connectivity index (χ3n) is 6.36. The third-order valence-corrected chi connectivity index (χ3v) is 6.36. The Bertz CT molecular complexity index is 1270. The fourth-order valence-electron chi connectivity index (χ4n) is 4.85. The Morgan fingerprint density at radius 2 is 1.38 bits per heavy atom. The molecule has 1 aliphatic rings. The van der Waals surface area contributed by atoms with E-state index in [-0.39, 0.29) is 0 Å². The van der Waals surface area contributed by atoms with E-state index in [1.54, 1.807) is 0 Å². The van der Waals surface area contributed by atoms with Crippen molar-refractivity contribution in [2.75, 3.05) is 31.1 Å². The first kappa shape index (κ1) is 16.8. The smallest absolute Gasteiger partial charge is 0.128 e. The first-order valence-corrected chi connectivity index (χ1v) is 10.4. The minimum atomic E-state index is 1.00. The van der Waals surface area contributed by atoms with Gasteiger partial charge in [0.05, 0.1) is 0 Å². The SMILES string of the molecule is c1ccc(N2CCN(Cc3ccc4ccc5cccc6ccc3c4c56)CC2)nc1. The Morgan fingerprint density at radius 1 is 0.655 bits per heavy atom. The second-order valence-electron chi connectivity index (χ2n) is 8.03. The fourth-order valence-corrected chi connectivity index (χ4v) is 4.85. The van der Waals surface area contributed by atoms with Gasteiger partial charge in [-0.2, -0.15) is 0 Å². The second-order valence-corrected chi connectivity index (χ2v) is 8.03. The van der Waals surface area contributed by atoms with Gasteiger partial charge in [-0.05, 0) is 50.0 Å². The average molecular weight is 377 g/mol. The van der Waals surface area contributed by atoms with E-state index in [9.17, 15) is 0 Å². The van der Waals surface area contributed by atoms with Gasteiger partial charge in [0.15, 0.2) is 0 Å². The molecule has 5 aromatic rings. The summed E-state index contributed by atoms with van der Waals surface area (Å²) in [6, 6.07) is 26.5. The Labute approximate surface area is 170 Å². The lowest BCUT2D eigenvalue weighted by Crippen LogP contribution is -2.46. The molecule has 6 rings (SSSR count). The molecule has 1 saturated heterocycles. The van der Waals surface area contributed by atoms with Gasteiger partial charge in [-0.15, -0.1) is 0 Å². The number of anilines is 1. The van der Waals surface area contributed by atoms with Crippen molar-refractivity contribution in [3.8, 4) is 0 Å². The van der Waals surface area contributed by atoms with Crippen LogP contribution in [0.25, 0.3) is 32.3 Å². The van der Waals surface area contributed by atoms with Gasteiger partial charge in [0.25, 0.3) is 0 Å². The molecule has 0 atom stereocenters. The van der Waals surface area contributed by atoms with Gasteiger partial charge in [-0.3, -0.25) is 4.90 Å². The van der Waals surface area contributed by atoms with Crippen molar-refractivity contribution in [3.63, 3.8) is 0 Å². The van der Waals surface area contributed by atoms with Crippen molar-refractivity contribution < 1.29 is 0 Å². The van der Waals surface area contributed by atoms with E-state index < -0.39 is 0 Å². The molecule has 1 aliphatic heterocycles. The molecule has 1 fully saturated rings. The standard InChI is InChI=1S/C26H23N3/c1-2-13-27-24(6-1)29-16-14-28(15-17-29)18-22-10-9-21-8-7-19-4-3-5-20-11-12-23(22)26(21)25(19)20/h1-13H,14-18H2. The molecule has 1 aromatic heterocycles. The highest BCUT2D eigenvalue weighted by Gasteiger charge is 2.19. The molecular formula is C26H23N3. The Balaban J connectivity index is 1.31. The van der Waals surface area contributed by atoms with Crippen LogP contribution in [0.5, 0.6) is 0 Å². The summed E-state index contributed by atoms with van der Waals surface area (Å²) in [5.41, 5.74) is 1.43. The molecule has 0 radical (unpaired) electrons. The lowest BCUT2D eigenvalue weighted by atomic mass is 9.92. The molecule has 0 bridgehead atoms. The molecule has 0 aliphatic carbocycles. The van der Waals surface area contributed by atoms with Crippen molar-refractivity contribution in [1.29, 1.82) is 0 Å². The quantitative estimate of drug-likeness (QED) is 0.398. The number of nitrogens with zero attached hydrogens (tertiary/aromatic N) is 3.